The molecule has 2 aromatic carbocycles. The van der Waals surface area contributed by atoms with Crippen LogP contribution in [0, 0.1) is 20.8 Å². The quantitative estimate of drug-likeness (QED) is 0.868. The summed E-state index contributed by atoms with van der Waals surface area (Å²) in [4.78, 5) is 16.9. The van der Waals surface area contributed by atoms with Crippen LogP contribution in [0.5, 0.6) is 11.5 Å². The average Bonchev–Trinajstić information content (AvgIpc) is 2.70. The first-order valence-electron chi connectivity index (χ1n) is 9.53. The lowest BCUT2D eigenvalue weighted by atomic mass is 10.1. The first kappa shape index (κ1) is 19.9. The Balaban J connectivity index is 1.63. The van der Waals surface area contributed by atoms with Gasteiger partial charge in [0.2, 0.25) is 0 Å². The van der Waals surface area contributed by atoms with Crippen molar-refractivity contribution in [3.05, 3.63) is 47.0 Å². The highest BCUT2D eigenvalue weighted by molar-refractivity contribution is 5.91. The van der Waals surface area contributed by atoms with Crippen molar-refractivity contribution in [3.63, 3.8) is 0 Å². The van der Waals surface area contributed by atoms with Crippen LogP contribution in [-0.4, -0.2) is 51.3 Å². The van der Waals surface area contributed by atoms with Crippen LogP contribution >= 0.6 is 0 Å². The number of hydrogen-bond donors (Lipinski definition) is 1. The van der Waals surface area contributed by atoms with Crippen LogP contribution in [0.4, 0.5) is 16.2 Å². The standard InChI is InChI=1S/C22H29N3O3/c1-15-12-16(2)21(17(3)13-15)23-22(26)25-10-8-24(9-11-25)18-6-7-19(27-4)20(14-18)28-5/h6-7,12-14H,8-11H2,1-5H3,(H,23,26). The van der Waals surface area contributed by atoms with Crippen molar-refractivity contribution in [2.75, 3.05) is 50.6 Å². The Morgan fingerprint density at radius 3 is 2.07 bits per heavy atom. The van der Waals surface area contributed by atoms with Crippen molar-refractivity contribution in [3.8, 4) is 11.5 Å². The lowest BCUT2D eigenvalue weighted by Gasteiger charge is -2.36. The van der Waals surface area contributed by atoms with Crippen LogP contribution < -0.4 is 19.7 Å². The molecule has 1 aliphatic heterocycles. The lowest BCUT2D eigenvalue weighted by molar-refractivity contribution is 0.208. The van der Waals surface area contributed by atoms with Crippen molar-refractivity contribution < 1.29 is 14.3 Å². The van der Waals surface area contributed by atoms with E-state index in [9.17, 15) is 4.79 Å². The van der Waals surface area contributed by atoms with Crippen molar-refractivity contribution in [1.82, 2.24) is 4.90 Å². The Kier molecular flexibility index (Phi) is 5.97. The number of carbonyl (C=O) groups is 1. The number of carbonyl (C=O) groups excluding carboxylic acids is 1. The van der Waals surface area contributed by atoms with Crippen molar-refractivity contribution >= 4 is 17.4 Å². The molecule has 2 amide bonds. The van der Waals surface area contributed by atoms with E-state index in [0.717, 1.165) is 35.6 Å². The molecule has 1 N–H and O–H groups in total. The van der Waals surface area contributed by atoms with Gasteiger partial charge in [-0.2, -0.15) is 0 Å². The lowest BCUT2D eigenvalue weighted by Crippen LogP contribution is -2.50. The summed E-state index contributed by atoms with van der Waals surface area (Å²) in [5, 5.41) is 3.10. The van der Waals surface area contributed by atoms with Gasteiger partial charge >= 0.3 is 6.03 Å². The number of urea groups is 1. The molecule has 2 aromatic rings. The third-order valence-electron chi connectivity index (χ3n) is 5.21. The van der Waals surface area contributed by atoms with Gasteiger partial charge in [0.1, 0.15) is 0 Å². The highest BCUT2D eigenvalue weighted by Gasteiger charge is 2.23. The highest BCUT2D eigenvalue weighted by atomic mass is 16.5. The summed E-state index contributed by atoms with van der Waals surface area (Å²) in [5.41, 5.74) is 5.38. The van der Waals surface area contributed by atoms with E-state index in [1.165, 1.54) is 5.56 Å². The summed E-state index contributed by atoms with van der Waals surface area (Å²) in [6.45, 7) is 9.02. The van der Waals surface area contributed by atoms with E-state index in [-0.39, 0.29) is 6.03 Å². The molecule has 1 saturated heterocycles. The summed E-state index contributed by atoms with van der Waals surface area (Å²) >= 11 is 0. The fraction of sp³-hybridized carbons (Fsp3) is 0.409. The fourth-order valence-electron chi connectivity index (χ4n) is 3.75. The maximum Gasteiger partial charge on any atom is 0.321 e. The van der Waals surface area contributed by atoms with E-state index in [2.05, 4.69) is 29.3 Å². The molecule has 3 rings (SSSR count). The number of rotatable bonds is 4. The number of aryl methyl sites for hydroxylation is 3. The summed E-state index contributed by atoms with van der Waals surface area (Å²) in [5.74, 6) is 1.43. The maximum atomic E-state index is 12.7. The van der Waals surface area contributed by atoms with Gasteiger partial charge < -0.3 is 24.6 Å². The van der Waals surface area contributed by atoms with Gasteiger partial charge in [0.05, 0.1) is 14.2 Å². The predicted octanol–water partition coefficient (Wildman–Crippen LogP) is 3.98. The van der Waals surface area contributed by atoms with E-state index in [1.54, 1.807) is 14.2 Å². The van der Waals surface area contributed by atoms with E-state index < -0.39 is 0 Å². The third-order valence-corrected chi connectivity index (χ3v) is 5.21. The second-order valence-corrected chi connectivity index (χ2v) is 7.22. The summed E-state index contributed by atoms with van der Waals surface area (Å²) in [6.07, 6.45) is 0. The Labute approximate surface area is 167 Å². The second-order valence-electron chi connectivity index (χ2n) is 7.22. The van der Waals surface area contributed by atoms with Crippen molar-refractivity contribution in [2.45, 2.75) is 20.8 Å². The zero-order valence-electron chi connectivity index (χ0n) is 17.3. The van der Waals surface area contributed by atoms with Gasteiger partial charge in [0.15, 0.2) is 11.5 Å². The number of hydrogen-bond acceptors (Lipinski definition) is 4. The first-order chi connectivity index (χ1) is 13.4. The summed E-state index contributed by atoms with van der Waals surface area (Å²) < 4.78 is 10.7. The number of benzene rings is 2. The molecule has 0 spiro atoms. The molecule has 0 atom stereocenters. The van der Waals surface area contributed by atoms with Gasteiger partial charge in [-0.3, -0.25) is 0 Å². The minimum atomic E-state index is -0.0398. The third kappa shape index (κ3) is 4.16. The first-order valence-corrected chi connectivity index (χ1v) is 9.53. The molecule has 6 nitrogen and oxygen atoms in total. The molecular formula is C22H29N3O3. The highest BCUT2D eigenvalue weighted by Crippen LogP contribution is 2.32. The molecule has 150 valence electrons. The number of methoxy groups -OCH3 is 2. The van der Waals surface area contributed by atoms with E-state index in [1.807, 2.05) is 36.9 Å². The molecule has 1 fully saturated rings. The molecule has 0 aromatic heterocycles. The SMILES string of the molecule is COc1ccc(N2CCN(C(=O)Nc3c(C)cc(C)cc3C)CC2)cc1OC. The van der Waals surface area contributed by atoms with Gasteiger partial charge in [-0.15, -0.1) is 0 Å². The molecule has 1 aliphatic rings. The van der Waals surface area contributed by atoms with E-state index >= 15 is 0 Å². The molecule has 0 unspecified atom stereocenters. The van der Waals surface area contributed by atoms with Gasteiger partial charge in [-0.1, -0.05) is 17.7 Å². The van der Waals surface area contributed by atoms with Crippen LogP contribution in [0.1, 0.15) is 16.7 Å². The summed E-state index contributed by atoms with van der Waals surface area (Å²) in [7, 11) is 3.27. The maximum absolute atomic E-state index is 12.7. The van der Waals surface area contributed by atoms with Gasteiger partial charge in [-0.25, -0.2) is 4.79 Å². The van der Waals surface area contributed by atoms with Gasteiger partial charge in [0, 0.05) is 43.6 Å². The fourth-order valence-corrected chi connectivity index (χ4v) is 3.75. The molecule has 0 radical (unpaired) electrons. The number of ether oxygens (including phenoxy) is 2. The normalized spacial score (nSPS) is 14.0. The monoisotopic (exact) mass is 383 g/mol. The number of nitrogens with zero attached hydrogens (tertiary/aromatic N) is 2. The second kappa shape index (κ2) is 8.42. The number of amides is 2. The molecule has 6 heteroatoms. The molecule has 0 aliphatic carbocycles. The minimum absolute atomic E-state index is 0.0398. The van der Waals surface area contributed by atoms with Crippen LogP contribution in [0.3, 0.4) is 0 Å². The molecule has 0 saturated carbocycles. The summed E-state index contributed by atoms with van der Waals surface area (Å²) in [6, 6.07) is 10.1. The van der Waals surface area contributed by atoms with Crippen LogP contribution in [0.15, 0.2) is 30.3 Å². The van der Waals surface area contributed by atoms with E-state index in [4.69, 9.17) is 9.47 Å². The van der Waals surface area contributed by atoms with Crippen LogP contribution in [0.25, 0.3) is 0 Å². The van der Waals surface area contributed by atoms with E-state index in [0.29, 0.717) is 24.6 Å². The van der Waals surface area contributed by atoms with Crippen molar-refractivity contribution in [1.29, 1.82) is 0 Å². The van der Waals surface area contributed by atoms with Crippen molar-refractivity contribution in [2.24, 2.45) is 0 Å². The molecule has 0 bridgehead atoms. The Bertz CT molecular complexity index is 835. The number of nitrogens with one attached hydrogen (secondary N) is 1. The Hall–Kier alpha value is -2.89. The Morgan fingerprint density at radius 2 is 1.50 bits per heavy atom. The smallest absolute Gasteiger partial charge is 0.321 e. The average molecular weight is 383 g/mol. The molecular weight excluding hydrogens is 354 g/mol. The van der Waals surface area contributed by atoms with Crippen LogP contribution in [-0.2, 0) is 0 Å². The molecule has 28 heavy (non-hydrogen) atoms. The minimum Gasteiger partial charge on any atom is -0.493 e. The number of piperazine rings is 1. The molecule has 1 heterocycles. The largest absolute Gasteiger partial charge is 0.493 e. The zero-order chi connectivity index (χ0) is 20.3. The number of anilines is 2. The topological polar surface area (TPSA) is 54.0 Å². The predicted molar refractivity (Wildman–Crippen MR) is 113 cm³/mol. The van der Waals surface area contributed by atoms with Gasteiger partial charge in [-0.05, 0) is 44.0 Å². The van der Waals surface area contributed by atoms with Crippen LogP contribution in [0.2, 0.25) is 0 Å². The Morgan fingerprint density at radius 1 is 0.893 bits per heavy atom. The zero-order valence-corrected chi connectivity index (χ0v) is 17.3. The van der Waals surface area contributed by atoms with Gasteiger partial charge in [0.25, 0.3) is 0 Å².